The van der Waals surface area contributed by atoms with Gasteiger partial charge in [-0.3, -0.25) is 9.59 Å². The van der Waals surface area contributed by atoms with Crippen LogP contribution >= 0.6 is 0 Å². The first-order valence-electron chi connectivity index (χ1n) is 7.76. The van der Waals surface area contributed by atoms with E-state index in [0.717, 1.165) is 16.5 Å². The normalized spacial score (nSPS) is 12.0. The molecule has 2 aromatic carbocycles. The number of para-hydroxylation sites is 1. The second kappa shape index (κ2) is 7.00. The molecule has 0 radical (unpaired) electrons. The zero-order valence-corrected chi connectivity index (χ0v) is 13.0. The Bertz CT molecular complexity index is 855. The summed E-state index contributed by atoms with van der Waals surface area (Å²) < 4.78 is 0. The van der Waals surface area contributed by atoms with E-state index in [1.54, 1.807) is 24.3 Å². The highest BCUT2D eigenvalue weighted by molar-refractivity contribution is 5.94. The molecule has 122 valence electrons. The van der Waals surface area contributed by atoms with Gasteiger partial charge in [-0.1, -0.05) is 36.4 Å². The number of fused-ring (bicyclic) bond motifs is 1. The standard InChI is InChI=1S/C19H18N2O3/c22-18(23)11-15(21-19(24)13-6-2-1-3-7-13)10-14-12-20-17-9-5-4-8-16(14)17/h1-9,12,15,20H,10-11H2,(H,21,24)(H,22,23)/t15-/m0/s1. The van der Waals surface area contributed by atoms with E-state index in [1.807, 2.05) is 36.5 Å². The lowest BCUT2D eigenvalue weighted by atomic mass is 10.0. The molecule has 0 saturated heterocycles. The predicted octanol–water partition coefficient (Wildman–Crippen LogP) is 2.98. The number of benzene rings is 2. The molecule has 0 bridgehead atoms. The molecule has 0 fully saturated rings. The van der Waals surface area contributed by atoms with Crippen LogP contribution in [0.5, 0.6) is 0 Å². The number of aromatic amines is 1. The Labute approximate surface area is 139 Å². The van der Waals surface area contributed by atoms with Gasteiger partial charge in [0.05, 0.1) is 6.42 Å². The maximum atomic E-state index is 12.3. The first-order chi connectivity index (χ1) is 11.6. The van der Waals surface area contributed by atoms with E-state index in [9.17, 15) is 9.59 Å². The Hall–Kier alpha value is -3.08. The molecule has 0 aliphatic rings. The summed E-state index contributed by atoms with van der Waals surface area (Å²) in [6.45, 7) is 0. The molecule has 3 N–H and O–H groups in total. The minimum absolute atomic E-state index is 0.127. The summed E-state index contributed by atoms with van der Waals surface area (Å²) in [5.41, 5.74) is 2.51. The van der Waals surface area contributed by atoms with E-state index in [-0.39, 0.29) is 12.3 Å². The number of H-pyrrole nitrogens is 1. The zero-order valence-electron chi connectivity index (χ0n) is 13.0. The second-order valence-electron chi connectivity index (χ2n) is 5.70. The maximum absolute atomic E-state index is 12.3. The van der Waals surface area contributed by atoms with Gasteiger partial charge in [-0.2, -0.15) is 0 Å². The Morgan fingerprint density at radius 3 is 2.50 bits per heavy atom. The van der Waals surface area contributed by atoms with Crippen molar-refractivity contribution in [2.45, 2.75) is 18.9 Å². The fraction of sp³-hybridized carbons (Fsp3) is 0.158. The lowest BCUT2D eigenvalue weighted by Crippen LogP contribution is -2.38. The van der Waals surface area contributed by atoms with Crippen molar-refractivity contribution >= 4 is 22.8 Å². The smallest absolute Gasteiger partial charge is 0.305 e. The summed E-state index contributed by atoms with van der Waals surface area (Å²) in [7, 11) is 0. The van der Waals surface area contributed by atoms with Gasteiger partial charge in [0.25, 0.3) is 5.91 Å². The highest BCUT2D eigenvalue weighted by Gasteiger charge is 2.19. The number of hydrogen-bond donors (Lipinski definition) is 3. The van der Waals surface area contributed by atoms with Gasteiger partial charge in [0.15, 0.2) is 0 Å². The molecule has 0 aliphatic heterocycles. The topological polar surface area (TPSA) is 82.2 Å². The van der Waals surface area contributed by atoms with Gasteiger partial charge < -0.3 is 15.4 Å². The van der Waals surface area contributed by atoms with Gasteiger partial charge in [-0.25, -0.2) is 0 Å². The van der Waals surface area contributed by atoms with E-state index < -0.39 is 12.0 Å². The monoisotopic (exact) mass is 322 g/mol. The molecule has 5 heteroatoms. The quantitative estimate of drug-likeness (QED) is 0.652. The maximum Gasteiger partial charge on any atom is 0.305 e. The van der Waals surface area contributed by atoms with E-state index >= 15 is 0 Å². The van der Waals surface area contributed by atoms with Gasteiger partial charge in [-0.05, 0) is 30.2 Å². The van der Waals surface area contributed by atoms with Crippen LogP contribution in [0.1, 0.15) is 22.3 Å². The van der Waals surface area contributed by atoms with E-state index in [1.165, 1.54) is 0 Å². The molecular weight excluding hydrogens is 304 g/mol. The van der Waals surface area contributed by atoms with Crippen LogP contribution in [-0.2, 0) is 11.2 Å². The first kappa shape index (κ1) is 15.8. The van der Waals surface area contributed by atoms with Gasteiger partial charge >= 0.3 is 5.97 Å². The van der Waals surface area contributed by atoms with Gasteiger partial charge in [-0.15, -0.1) is 0 Å². The fourth-order valence-corrected chi connectivity index (χ4v) is 2.81. The number of carbonyl (C=O) groups excluding carboxylic acids is 1. The third-order valence-corrected chi connectivity index (χ3v) is 3.93. The summed E-state index contributed by atoms with van der Waals surface area (Å²) in [6, 6.07) is 16.2. The largest absolute Gasteiger partial charge is 0.481 e. The average molecular weight is 322 g/mol. The van der Waals surface area contributed by atoms with Crippen molar-refractivity contribution in [3.8, 4) is 0 Å². The molecule has 1 heterocycles. The van der Waals surface area contributed by atoms with Crippen molar-refractivity contribution < 1.29 is 14.7 Å². The molecule has 3 rings (SSSR count). The second-order valence-corrected chi connectivity index (χ2v) is 5.70. The van der Waals surface area contributed by atoms with E-state index in [2.05, 4.69) is 10.3 Å². The minimum atomic E-state index is -0.937. The van der Waals surface area contributed by atoms with Crippen molar-refractivity contribution in [2.75, 3.05) is 0 Å². The van der Waals surface area contributed by atoms with Crippen molar-refractivity contribution in [3.05, 3.63) is 71.9 Å². The molecule has 0 unspecified atom stereocenters. The van der Waals surface area contributed by atoms with Gasteiger partial charge in [0.1, 0.15) is 0 Å². The van der Waals surface area contributed by atoms with Crippen molar-refractivity contribution in [3.63, 3.8) is 0 Å². The Morgan fingerprint density at radius 1 is 1.04 bits per heavy atom. The molecule has 0 saturated carbocycles. The van der Waals surface area contributed by atoms with Crippen molar-refractivity contribution in [1.82, 2.24) is 10.3 Å². The molecule has 1 amide bonds. The third kappa shape index (κ3) is 3.63. The summed E-state index contributed by atoms with van der Waals surface area (Å²) in [4.78, 5) is 26.6. The molecular formula is C19H18N2O3. The summed E-state index contributed by atoms with van der Waals surface area (Å²) >= 11 is 0. The molecule has 0 aliphatic carbocycles. The Balaban J connectivity index is 1.79. The number of carboxylic acid groups (broad SMARTS) is 1. The third-order valence-electron chi connectivity index (χ3n) is 3.93. The molecule has 5 nitrogen and oxygen atoms in total. The van der Waals surface area contributed by atoms with Crippen LogP contribution in [0.4, 0.5) is 0 Å². The van der Waals surface area contributed by atoms with Crippen LogP contribution in [0.15, 0.2) is 60.8 Å². The SMILES string of the molecule is O=C(O)C[C@H](Cc1c[nH]c2ccccc12)NC(=O)c1ccccc1. The lowest BCUT2D eigenvalue weighted by molar-refractivity contribution is -0.137. The molecule has 0 spiro atoms. The number of aliphatic carboxylic acids is 1. The average Bonchev–Trinajstić information content (AvgIpc) is 2.98. The zero-order chi connectivity index (χ0) is 16.9. The Kier molecular flexibility index (Phi) is 4.61. The number of carboxylic acids is 1. The minimum Gasteiger partial charge on any atom is -0.481 e. The van der Waals surface area contributed by atoms with E-state index in [0.29, 0.717) is 12.0 Å². The van der Waals surface area contributed by atoms with Gasteiger partial charge in [0, 0.05) is 28.7 Å². The number of nitrogens with one attached hydrogen (secondary N) is 2. The molecule has 24 heavy (non-hydrogen) atoms. The van der Waals surface area contributed by atoms with Crippen molar-refractivity contribution in [2.24, 2.45) is 0 Å². The molecule has 1 atom stereocenters. The van der Waals surface area contributed by atoms with Gasteiger partial charge in [0.2, 0.25) is 0 Å². The highest BCUT2D eigenvalue weighted by atomic mass is 16.4. The molecule has 3 aromatic rings. The summed E-state index contributed by atoms with van der Waals surface area (Å²) in [5.74, 6) is -1.20. The van der Waals surface area contributed by atoms with Crippen LogP contribution in [0.2, 0.25) is 0 Å². The summed E-state index contributed by atoms with van der Waals surface area (Å²) in [5, 5.41) is 13.0. The van der Waals surface area contributed by atoms with E-state index in [4.69, 9.17) is 5.11 Å². The number of rotatable bonds is 6. The number of amides is 1. The highest BCUT2D eigenvalue weighted by Crippen LogP contribution is 2.20. The first-order valence-corrected chi connectivity index (χ1v) is 7.76. The number of carbonyl (C=O) groups is 2. The van der Waals surface area contributed by atoms with Crippen LogP contribution < -0.4 is 5.32 Å². The number of aromatic nitrogens is 1. The summed E-state index contributed by atoms with van der Waals surface area (Å²) in [6.07, 6.45) is 2.20. The van der Waals surface area contributed by atoms with Crippen LogP contribution in [-0.4, -0.2) is 28.0 Å². The van der Waals surface area contributed by atoms with Crippen LogP contribution in [0.3, 0.4) is 0 Å². The Morgan fingerprint density at radius 2 is 1.75 bits per heavy atom. The van der Waals surface area contributed by atoms with Crippen molar-refractivity contribution in [1.29, 1.82) is 0 Å². The fourth-order valence-electron chi connectivity index (χ4n) is 2.81. The molecule has 1 aromatic heterocycles. The number of hydrogen-bond acceptors (Lipinski definition) is 2. The predicted molar refractivity (Wildman–Crippen MR) is 92.0 cm³/mol. The lowest BCUT2D eigenvalue weighted by Gasteiger charge is -2.17. The van der Waals surface area contributed by atoms with Crippen LogP contribution in [0, 0.1) is 0 Å². The van der Waals surface area contributed by atoms with Crippen LogP contribution in [0.25, 0.3) is 10.9 Å².